The van der Waals surface area contributed by atoms with Crippen molar-refractivity contribution in [1.29, 1.82) is 5.26 Å². The van der Waals surface area contributed by atoms with Crippen LogP contribution in [-0.4, -0.2) is 25.9 Å². The van der Waals surface area contributed by atoms with E-state index in [0.717, 1.165) is 23.5 Å². The first-order valence-electron chi connectivity index (χ1n) is 9.52. The second-order valence-corrected chi connectivity index (χ2v) is 11.0. The van der Waals surface area contributed by atoms with Gasteiger partial charge in [0.05, 0.1) is 11.3 Å². The number of thiophene rings is 1. The summed E-state index contributed by atoms with van der Waals surface area (Å²) in [5, 5.41) is 17.8. The average molecular weight is 530 g/mol. The summed E-state index contributed by atoms with van der Waals surface area (Å²) in [5.41, 5.74) is 13.2. The van der Waals surface area contributed by atoms with Crippen LogP contribution in [0.25, 0.3) is 21.9 Å². The highest BCUT2D eigenvalue weighted by Crippen LogP contribution is 2.45. The van der Waals surface area contributed by atoms with Gasteiger partial charge >= 0.3 is 0 Å². The van der Waals surface area contributed by atoms with Crippen molar-refractivity contribution in [2.24, 2.45) is 10.2 Å². The summed E-state index contributed by atoms with van der Waals surface area (Å²) in [6.45, 7) is 0. The Labute approximate surface area is 203 Å². The van der Waals surface area contributed by atoms with Gasteiger partial charge in [-0.1, -0.05) is 35.6 Å². The van der Waals surface area contributed by atoms with Crippen molar-refractivity contribution >= 4 is 63.7 Å². The molecule has 4 aromatic rings. The van der Waals surface area contributed by atoms with E-state index in [1.165, 1.54) is 18.2 Å². The molecule has 0 aliphatic rings. The lowest BCUT2D eigenvalue weighted by atomic mass is 10.0. The maximum atomic E-state index is 12.0. The molecule has 0 bridgehead atoms. The van der Waals surface area contributed by atoms with Gasteiger partial charge in [-0.2, -0.15) is 22.1 Å². The molecule has 0 amide bonds. The number of nitrogen functional groups attached to an aromatic ring is 2. The SMILES string of the molecule is N#Cc1c(N)sc(/N=N/c2cc(S(=O)(=O)O)c3cccc(S(=O)(=O)O)c3c2)c1-c1ccc(N)cc1. The molecular formula is C21H15N5O6S3. The monoisotopic (exact) mass is 529 g/mol. The van der Waals surface area contributed by atoms with Crippen molar-refractivity contribution in [3.05, 3.63) is 60.2 Å². The predicted octanol–water partition coefficient (Wildman–Crippen LogP) is 4.51. The zero-order valence-electron chi connectivity index (χ0n) is 17.4. The van der Waals surface area contributed by atoms with E-state index >= 15 is 0 Å². The highest BCUT2D eigenvalue weighted by atomic mass is 32.2. The van der Waals surface area contributed by atoms with E-state index in [9.17, 15) is 31.2 Å². The van der Waals surface area contributed by atoms with Gasteiger partial charge in [-0.15, -0.1) is 10.2 Å². The van der Waals surface area contributed by atoms with Gasteiger partial charge in [0.1, 0.15) is 25.9 Å². The number of hydrogen-bond acceptors (Lipinski definition) is 10. The number of fused-ring (bicyclic) bond motifs is 1. The molecule has 0 unspecified atom stereocenters. The average Bonchev–Trinajstić information content (AvgIpc) is 3.11. The number of anilines is 2. The van der Waals surface area contributed by atoms with Crippen LogP contribution in [0.4, 0.5) is 21.4 Å². The molecular weight excluding hydrogens is 514 g/mol. The maximum absolute atomic E-state index is 12.0. The molecule has 0 spiro atoms. The largest absolute Gasteiger partial charge is 0.399 e. The van der Waals surface area contributed by atoms with Crippen molar-refractivity contribution < 1.29 is 25.9 Å². The fourth-order valence-electron chi connectivity index (χ4n) is 3.44. The Hall–Kier alpha value is -3.87. The molecule has 0 radical (unpaired) electrons. The molecule has 14 heteroatoms. The van der Waals surface area contributed by atoms with E-state index in [-0.39, 0.29) is 32.0 Å². The van der Waals surface area contributed by atoms with Gasteiger partial charge in [0, 0.05) is 22.0 Å². The topological polar surface area (TPSA) is 209 Å². The summed E-state index contributed by atoms with van der Waals surface area (Å²) in [4.78, 5) is -1.21. The smallest absolute Gasteiger partial charge is 0.295 e. The third-order valence-corrected chi connectivity index (χ3v) is 7.65. The van der Waals surface area contributed by atoms with Crippen molar-refractivity contribution in [2.75, 3.05) is 11.5 Å². The van der Waals surface area contributed by atoms with E-state index < -0.39 is 30.0 Å². The zero-order chi connectivity index (χ0) is 25.5. The Morgan fingerprint density at radius 3 is 2.11 bits per heavy atom. The molecule has 3 aromatic carbocycles. The molecule has 35 heavy (non-hydrogen) atoms. The Bertz CT molecular complexity index is 1770. The standard InChI is InChI=1S/C21H15N5O6S3/c22-10-16-19(11-4-6-12(23)7-5-11)21(33-20(16)24)26-25-13-8-15-14(18(9-13)35(30,31)32)2-1-3-17(15)34(27,28)29/h1-9H,23-24H2,(H,27,28,29)(H,30,31,32)/b26-25+. The molecule has 4 rings (SSSR count). The molecule has 0 aliphatic heterocycles. The molecule has 6 N–H and O–H groups in total. The number of hydrogen-bond donors (Lipinski definition) is 4. The minimum Gasteiger partial charge on any atom is -0.399 e. The van der Waals surface area contributed by atoms with Crippen molar-refractivity contribution in [3.8, 4) is 17.2 Å². The number of nitrogens with zero attached hydrogens (tertiary/aromatic N) is 3. The van der Waals surface area contributed by atoms with Crippen LogP contribution < -0.4 is 11.5 Å². The molecule has 11 nitrogen and oxygen atoms in total. The number of azo groups is 1. The Kier molecular flexibility index (Phi) is 6.05. The van der Waals surface area contributed by atoms with Gasteiger partial charge in [-0.3, -0.25) is 9.11 Å². The summed E-state index contributed by atoms with van der Waals surface area (Å²) in [6.07, 6.45) is 0. The van der Waals surface area contributed by atoms with E-state index in [0.29, 0.717) is 16.8 Å². The minimum absolute atomic E-state index is 0.142. The molecule has 0 atom stereocenters. The second-order valence-electron chi connectivity index (χ2n) is 7.20. The van der Waals surface area contributed by atoms with Crippen molar-refractivity contribution in [2.45, 2.75) is 9.79 Å². The lowest BCUT2D eigenvalue weighted by Gasteiger charge is -2.08. The van der Waals surface area contributed by atoms with Crippen LogP contribution in [0.15, 0.2) is 74.6 Å². The van der Waals surface area contributed by atoms with Gasteiger partial charge < -0.3 is 11.5 Å². The first-order valence-corrected chi connectivity index (χ1v) is 13.2. The zero-order valence-corrected chi connectivity index (χ0v) is 19.9. The fourth-order valence-corrected chi connectivity index (χ4v) is 5.73. The predicted molar refractivity (Wildman–Crippen MR) is 131 cm³/mol. The maximum Gasteiger partial charge on any atom is 0.295 e. The van der Waals surface area contributed by atoms with Crippen molar-refractivity contribution in [3.63, 3.8) is 0 Å². The number of rotatable bonds is 5. The van der Waals surface area contributed by atoms with Crippen LogP contribution in [0.2, 0.25) is 0 Å². The lowest BCUT2D eigenvalue weighted by molar-refractivity contribution is 0.481. The van der Waals surface area contributed by atoms with Crippen LogP contribution >= 0.6 is 11.3 Å². The summed E-state index contributed by atoms with van der Waals surface area (Å²) < 4.78 is 66.9. The highest BCUT2D eigenvalue weighted by molar-refractivity contribution is 7.86. The van der Waals surface area contributed by atoms with Gasteiger partial charge in [0.2, 0.25) is 0 Å². The van der Waals surface area contributed by atoms with Gasteiger partial charge in [-0.05, 0) is 35.9 Å². The summed E-state index contributed by atoms with van der Waals surface area (Å²) in [7, 11) is -9.55. The van der Waals surface area contributed by atoms with E-state index in [2.05, 4.69) is 10.2 Å². The minimum atomic E-state index is -4.81. The van der Waals surface area contributed by atoms with Crippen LogP contribution in [0, 0.1) is 11.3 Å². The van der Waals surface area contributed by atoms with E-state index in [1.54, 1.807) is 24.3 Å². The first-order chi connectivity index (χ1) is 16.4. The Balaban J connectivity index is 1.94. The summed E-state index contributed by atoms with van der Waals surface area (Å²) in [6, 6.07) is 14.4. The second kappa shape index (κ2) is 8.73. The van der Waals surface area contributed by atoms with Gasteiger partial charge in [-0.25, -0.2) is 0 Å². The van der Waals surface area contributed by atoms with Crippen LogP contribution in [0.3, 0.4) is 0 Å². The van der Waals surface area contributed by atoms with E-state index in [1.807, 2.05) is 6.07 Å². The van der Waals surface area contributed by atoms with Crippen LogP contribution in [-0.2, 0) is 20.2 Å². The normalized spacial score (nSPS) is 12.3. The van der Waals surface area contributed by atoms with Gasteiger partial charge in [0.15, 0.2) is 0 Å². The van der Waals surface area contributed by atoms with Crippen molar-refractivity contribution in [1.82, 2.24) is 0 Å². The molecule has 0 aliphatic carbocycles. The molecule has 1 aromatic heterocycles. The van der Waals surface area contributed by atoms with E-state index in [4.69, 9.17) is 11.5 Å². The van der Waals surface area contributed by atoms with Gasteiger partial charge in [0.25, 0.3) is 20.2 Å². The quantitative estimate of drug-likeness (QED) is 0.162. The Morgan fingerprint density at radius 2 is 1.51 bits per heavy atom. The van der Waals surface area contributed by atoms with Crippen LogP contribution in [0.5, 0.6) is 0 Å². The summed E-state index contributed by atoms with van der Waals surface area (Å²) in [5.74, 6) is 0. The molecule has 178 valence electrons. The first kappa shape index (κ1) is 24.3. The molecule has 1 heterocycles. The highest BCUT2D eigenvalue weighted by Gasteiger charge is 2.22. The number of nitrogens with two attached hydrogens (primary N) is 2. The Morgan fingerprint density at radius 1 is 0.857 bits per heavy atom. The molecule has 0 saturated carbocycles. The lowest BCUT2D eigenvalue weighted by Crippen LogP contribution is -2.03. The fraction of sp³-hybridized carbons (Fsp3) is 0. The molecule has 0 saturated heterocycles. The third-order valence-electron chi connectivity index (χ3n) is 4.94. The number of benzene rings is 3. The third kappa shape index (κ3) is 4.71. The number of nitriles is 1. The van der Waals surface area contributed by atoms with Crippen LogP contribution in [0.1, 0.15) is 5.56 Å². The molecule has 0 fully saturated rings. The summed E-state index contributed by atoms with van der Waals surface area (Å²) >= 11 is 0.965.